The van der Waals surface area contributed by atoms with E-state index in [9.17, 15) is 9.59 Å². The van der Waals surface area contributed by atoms with Crippen molar-refractivity contribution in [2.75, 3.05) is 0 Å². The van der Waals surface area contributed by atoms with E-state index in [-0.39, 0.29) is 11.3 Å². The largest absolute Gasteiger partial charge is 0.478 e. The molecule has 1 N–H and O–H groups in total. The van der Waals surface area contributed by atoms with Gasteiger partial charge in [-0.05, 0) is 37.0 Å². The predicted molar refractivity (Wildman–Crippen MR) is 69.1 cm³/mol. The topological polar surface area (TPSA) is 54.4 Å². The summed E-state index contributed by atoms with van der Waals surface area (Å²) in [7, 11) is 0. The van der Waals surface area contributed by atoms with Gasteiger partial charge >= 0.3 is 5.97 Å². The van der Waals surface area contributed by atoms with Gasteiger partial charge in [0, 0.05) is 17.4 Å². The number of hydrogen-bond donors (Lipinski definition) is 1. The SMILES string of the molecule is CC(C)[C@@H]1CCC(=O)[C@@]2(C)CCC(C(=O)O)=C[C@@H]12. The average Bonchev–Trinajstić information content (AvgIpc) is 2.29. The minimum atomic E-state index is -0.822. The summed E-state index contributed by atoms with van der Waals surface area (Å²) < 4.78 is 0. The normalized spacial score (nSPS) is 36.2. The van der Waals surface area contributed by atoms with Crippen LogP contribution in [0.4, 0.5) is 0 Å². The molecule has 3 nitrogen and oxygen atoms in total. The predicted octanol–water partition coefficient (Wildman–Crippen LogP) is 3.05. The van der Waals surface area contributed by atoms with Gasteiger partial charge in [0.1, 0.15) is 5.78 Å². The molecule has 0 radical (unpaired) electrons. The molecule has 1 fully saturated rings. The van der Waals surface area contributed by atoms with Crippen LogP contribution in [0.3, 0.4) is 0 Å². The number of carbonyl (C=O) groups excluding carboxylic acids is 1. The van der Waals surface area contributed by atoms with E-state index >= 15 is 0 Å². The molecule has 0 bridgehead atoms. The van der Waals surface area contributed by atoms with Crippen molar-refractivity contribution in [3.05, 3.63) is 11.6 Å². The molecule has 2 aliphatic carbocycles. The van der Waals surface area contributed by atoms with Crippen LogP contribution >= 0.6 is 0 Å². The van der Waals surface area contributed by atoms with Crippen LogP contribution in [-0.2, 0) is 9.59 Å². The first-order chi connectivity index (χ1) is 8.36. The molecule has 0 saturated heterocycles. The van der Waals surface area contributed by atoms with E-state index in [0.29, 0.717) is 42.5 Å². The Kier molecular flexibility index (Phi) is 3.35. The smallest absolute Gasteiger partial charge is 0.331 e. The minimum absolute atomic E-state index is 0.110. The summed E-state index contributed by atoms with van der Waals surface area (Å²) in [6.45, 7) is 6.37. The number of fused-ring (bicyclic) bond motifs is 1. The monoisotopic (exact) mass is 250 g/mol. The molecule has 100 valence electrons. The van der Waals surface area contributed by atoms with E-state index in [0.717, 1.165) is 6.42 Å². The summed E-state index contributed by atoms with van der Waals surface area (Å²) in [6, 6.07) is 0. The summed E-state index contributed by atoms with van der Waals surface area (Å²) in [5.41, 5.74) is 0.171. The molecule has 1 saturated carbocycles. The molecule has 0 heterocycles. The van der Waals surface area contributed by atoms with Gasteiger partial charge in [0.25, 0.3) is 0 Å². The van der Waals surface area contributed by atoms with Crippen molar-refractivity contribution in [2.24, 2.45) is 23.2 Å². The van der Waals surface area contributed by atoms with Gasteiger partial charge in [-0.2, -0.15) is 0 Å². The van der Waals surface area contributed by atoms with Crippen LogP contribution in [0, 0.1) is 23.2 Å². The fourth-order valence-corrected chi connectivity index (χ4v) is 3.66. The summed E-state index contributed by atoms with van der Waals surface area (Å²) in [5.74, 6) is 0.537. The van der Waals surface area contributed by atoms with E-state index in [1.54, 1.807) is 0 Å². The van der Waals surface area contributed by atoms with Crippen molar-refractivity contribution < 1.29 is 14.7 Å². The molecule has 0 aliphatic heterocycles. The zero-order valence-electron chi connectivity index (χ0n) is 11.4. The number of Topliss-reactive ketones (excluding diaryl/α,β-unsaturated/α-hetero) is 1. The lowest BCUT2D eigenvalue weighted by Gasteiger charge is -2.47. The minimum Gasteiger partial charge on any atom is -0.478 e. The van der Waals surface area contributed by atoms with Gasteiger partial charge in [0.05, 0.1) is 0 Å². The van der Waals surface area contributed by atoms with E-state index in [4.69, 9.17) is 5.11 Å². The quantitative estimate of drug-likeness (QED) is 0.819. The first kappa shape index (κ1) is 13.3. The summed E-state index contributed by atoms with van der Waals surface area (Å²) in [5, 5.41) is 9.15. The Hall–Kier alpha value is -1.12. The molecule has 0 spiro atoms. The Labute approximate surface area is 108 Å². The highest BCUT2D eigenvalue weighted by Gasteiger charge is 2.49. The van der Waals surface area contributed by atoms with Crippen molar-refractivity contribution in [2.45, 2.75) is 46.5 Å². The molecule has 3 atom stereocenters. The third-order valence-electron chi connectivity index (χ3n) is 4.96. The average molecular weight is 250 g/mol. The number of aliphatic carboxylic acids is 1. The van der Waals surface area contributed by atoms with Crippen molar-refractivity contribution in [3.63, 3.8) is 0 Å². The maximum atomic E-state index is 12.2. The molecule has 0 amide bonds. The number of carboxylic acid groups (broad SMARTS) is 1. The maximum Gasteiger partial charge on any atom is 0.331 e. The Morgan fingerprint density at radius 3 is 2.67 bits per heavy atom. The fraction of sp³-hybridized carbons (Fsp3) is 0.733. The summed E-state index contributed by atoms with van der Waals surface area (Å²) >= 11 is 0. The van der Waals surface area contributed by atoms with Crippen LogP contribution in [0.25, 0.3) is 0 Å². The highest BCUT2D eigenvalue weighted by atomic mass is 16.4. The lowest BCUT2D eigenvalue weighted by molar-refractivity contribution is -0.139. The van der Waals surface area contributed by atoms with E-state index < -0.39 is 5.97 Å². The number of rotatable bonds is 2. The molecule has 0 unspecified atom stereocenters. The van der Waals surface area contributed by atoms with Gasteiger partial charge in [-0.1, -0.05) is 26.8 Å². The molecule has 3 heteroatoms. The van der Waals surface area contributed by atoms with Gasteiger partial charge in [-0.3, -0.25) is 4.79 Å². The maximum absolute atomic E-state index is 12.2. The summed E-state index contributed by atoms with van der Waals surface area (Å²) in [6.07, 6.45) is 4.66. The molecule has 18 heavy (non-hydrogen) atoms. The van der Waals surface area contributed by atoms with Crippen molar-refractivity contribution in [1.82, 2.24) is 0 Å². The van der Waals surface area contributed by atoms with Crippen LogP contribution in [0.15, 0.2) is 11.6 Å². The Bertz CT molecular complexity index is 408. The van der Waals surface area contributed by atoms with Crippen molar-refractivity contribution in [3.8, 4) is 0 Å². The molecule has 2 aliphatic rings. The third-order valence-corrected chi connectivity index (χ3v) is 4.96. The van der Waals surface area contributed by atoms with Crippen LogP contribution in [-0.4, -0.2) is 16.9 Å². The second-order valence-corrected chi connectivity index (χ2v) is 6.31. The highest BCUT2D eigenvalue weighted by Crippen LogP contribution is 2.51. The van der Waals surface area contributed by atoms with Crippen molar-refractivity contribution in [1.29, 1.82) is 0 Å². The zero-order chi connectivity index (χ0) is 13.5. The Morgan fingerprint density at radius 1 is 1.44 bits per heavy atom. The number of ketones is 1. The van der Waals surface area contributed by atoms with Crippen LogP contribution < -0.4 is 0 Å². The Balaban J connectivity index is 2.40. The molecular weight excluding hydrogens is 228 g/mol. The van der Waals surface area contributed by atoms with Crippen LogP contribution in [0.2, 0.25) is 0 Å². The van der Waals surface area contributed by atoms with Crippen molar-refractivity contribution >= 4 is 11.8 Å². The third kappa shape index (κ3) is 2.00. The lowest BCUT2D eigenvalue weighted by atomic mass is 9.55. The first-order valence-electron chi connectivity index (χ1n) is 6.83. The number of carbonyl (C=O) groups is 2. The fourth-order valence-electron chi connectivity index (χ4n) is 3.66. The van der Waals surface area contributed by atoms with Gasteiger partial charge in [-0.15, -0.1) is 0 Å². The highest BCUT2D eigenvalue weighted by molar-refractivity contribution is 5.90. The Morgan fingerprint density at radius 2 is 2.11 bits per heavy atom. The van der Waals surface area contributed by atoms with E-state index in [1.165, 1.54) is 0 Å². The number of carboxylic acids is 1. The zero-order valence-corrected chi connectivity index (χ0v) is 11.4. The molecule has 2 rings (SSSR count). The van der Waals surface area contributed by atoms with E-state index in [2.05, 4.69) is 13.8 Å². The molecular formula is C15H22O3. The molecule has 0 aromatic rings. The molecule has 0 aromatic carbocycles. The molecule has 0 aromatic heterocycles. The lowest BCUT2D eigenvalue weighted by Crippen LogP contribution is -2.46. The van der Waals surface area contributed by atoms with Gasteiger partial charge < -0.3 is 5.11 Å². The van der Waals surface area contributed by atoms with Gasteiger partial charge in [0.15, 0.2) is 0 Å². The second kappa shape index (κ2) is 4.52. The van der Waals surface area contributed by atoms with Gasteiger partial charge in [-0.25, -0.2) is 4.79 Å². The number of allylic oxidation sites excluding steroid dienone is 1. The standard InChI is InChI=1S/C15H22O3/c1-9(2)11-4-5-13(16)15(3)7-6-10(14(17)18)8-12(11)15/h8-9,11-12H,4-7H2,1-3H3,(H,17,18)/t11-,12-,15-/m0/s1. The van der Waals surface area contributed by atoms with E-state index in [1.807, 2.05) is 13.0 Å². The summed E-state index contributed by atoms with van der Waals surface area (Å²) in [4.78, 5) is 23.4. The second-order valence-electron chi connectivity index (χ2n) is 6.31. The first-order valence-corrected chi connectivity index (χ1v) is 6.83. The number of hydrogen-bond acceptors (Lipinski definition) is 2. The van der Waals surface area contributed by atoms with Crippen LogP contribution in [0.1, 0.15) is 46.5 Å². The van der Waals surface area contributed by atoms with Crippen LogP contribution in [0.5, 0.6) is 0 Å². The van der Waals surface area contributed by atoms with Gasteiger partial charge in [0.2, 0.25) is 0 Å².